The van der Waals surface area contributed by atoms with Gasteiger partial charge in [0.15, 0.2) is 0 Å². The second-order valence-electron chi connectivity index (χ2n) is 4.10. The number of rotatable bonds is 7. The number of hydrogen-bond donors (Lipinski definition) is 4. The van der Waals surface area contributed by atoms with Crippen LogP contribution in [0, 0.1) is 0 Å². The number of nitrogens with one attached hydrogen (secondary N) is 2. The molecule has 0 aliphatic rings. The van der Waals surface area contributed by atoms with E-state index in [9.17, 15) is 8.42 Å². The third-order valence-electron chi connectivity index (χ3n) is 2.35. The van der Waals surface area contributed by atoms with Crippen LogP contribution in [0.4, 0.5) is 11.4 Å². The van der Waals surface area contributed by atoms with Crippen molar-refractivity contribution in [2.75, 3.05) is 30.5 Å². The summed E-state index contributed by atoms with van der Waals surface area (Å²) in [5, 5.41) is 12.1. The van der Waals surface area contributed by atoms with Crippen LogP contribution in [0.15, 0.2) is 24.3 Å². The number of anilines is 2. The number of sulfonamides is 1. The molecule has 0 bridgehead atoms. The van der Waals surface area contributed by atoms with E-state index < -0.39 is 10.0 Å². The van der Waals surface area contributed by atoms with E-state index in [4.69, 9.17) is 10.8 Å². The maximum atomic E-state index is 11.0. The first-order valence-corrected chi connectivity index (χ1v) is 7.47. The van der Waals surface area contributed by atoms with Crippen molar-refractivity contribution in [3.05, 3.63) is 24.3 Å². The summed E-state index contributed by atoms with van der Waals surface area (Å²) in [5.74, 6) is 0. The van der Waals surface area contributed by atoms with Crippen molar-refractivity contribution in [1.29, 1.82) is 0 Å². The highest BCUT2D eigenvalue weighted by Crippen LogP contribution is 2.12. The molecule has 0 spiro atoms. The van der Waals surface area contributed by atoms with Crippen LogP contribution in [-0.2, 0) is 10.0 Å². The Balaban J connectivity index is 2.59. The van der Waals surface area contributed by atoms with Gasteiger partial charge >= 0.3 is 0 Å². The van der Waals surface area contributed by atoms with Crippen molar-refractivity contribution in [3.8, 4) is 0 Å². The minimum atomic E-state index is -3.23. The molecule has 6 nitrogen and oxygen atoms in total. The zero-order valence-electron chi connectivity index (χ0n) is 10.3. The Bertz CT molecular complexity index is 459. The molecule has 0 aliphatic carbocycles. The maximum absolute atomic E-state index is 11.0. The quantitative estimate of drug-likeness (QED) is 0.523. The lowest BCUT2D eigenvalue weighted by atomic mass is 10.2. The second-order valence-corrected chi connectivity index (χ2v) is 5.93. The molecule has 0 aliphatic heterocycles. The number of hydrogen-bond acceptors (Lipinski definition) is 5. The summed E-state index contributed by atoms with van der Waals surface area (Å²) in [7, 11) is -3.23. The van der Waals surface area contributed by atoms with Gasteiger partial charge in [0.2, 0.25) is 10.0 Å². The molecule has 0 saturated heterocycles. The summed E-state index contributed by atoms with van der Waals surface area (Å²) in [6, 6.07) is 6.94. The molecule has 102 valence electrons. The van der Waals surface area contributed by atoms with E-state index in [1.54, 1.807) is 24.3 Å². The fourth-order valence-electron chi connectivity index (χ4n) is 1.45. The summed E-state index contributed by atoms with van der Waals surface area (Å²) in [6.07, 6.45) is 1.55. The predicted octanol–water partition coefficient (Wildman–Crippen LogP) is -0.0191. The molecule has 0 radical (unpaired) electrons. The zero-order valence-corrected chi connectivity index (χ0v) is 11.1. The van der Waals surface area contributed by atoms with E-state index in [0.717, 1.165) is 11.9 Å². The van der Waals surface area contributed by atoms with E-state index in [2.05, 4.69) is 10.0 Å². The van der Waals surface area contributed by atoms with Crippen LogP contribution in [0.1, 0.15) is 6.42 Å². The van der Waals surface area contributed by atoms with Crippen LogP contribution in [0.5, 0.6) is 0 Å². The van der Waals surface area contributed by atoms with Crippen molar-refractivity contribution in [2.24, 2.45) is 0 Å². The fourth-order valence-corrected chi connectivity index (χ4v) is 1.95. The van der Waals surface area contributed by atoms with E-state index in [1.165, 1.54) is 0 Å². The van der Waals surface area contributed by atoms with Crippen molar-refractivity contribution >= 4 is 21.4 Å². The molecule has 0 saturated carbocycles. The number of nitrogens with two attached hydrogens (primary N) is 1. The van der Waals surface area contributed by atoms with Crippen molar-refractivity contribution in [2.45, 2.75) is 12.5 Å². The number of nitrogen functional groups attached to an aromatic ring is 1. The number of aliphatic hydroxyl groups excluding tert-OH is 1. The first kappa shape index (κ1) is 14.7. The highest BCUT2D eigenvalue weighted by atomic mass is 32.2. The number of aliphatic hydroxyl groups is 1. The Morgan fingerprint density at radius 2 is 1.94 bits per heavy atom. The van der Waals surface area contributed by atoms with Crippen LogP contribution in [0.25, 0.3) is 0 Å². The molecule has 1 rings (SSSR count). The minimum absolute atomic E-state index is 0.0158. The number of benzene rings is 1. The second kappa shape index (κ2) is 6.58. The topological polar surface area (TPSA) is 104 Å². The highest BCUT2D eigenvalue weighted by molar-refractivity contribution is 7.88. The molecule has 18 heavy (non-hydrogen) atoms. The summed E-state index contributed by atoms with van der Waals surface area (Å²) in [4.78, 5) is 0. The van der Waals surface area contributed by atoms with E-state index in [-0.39, 0.29) is 19.2 Å². The Labute approximate surface area is 107 Å². The molecule has 1 aromatic rings. The van der Waals surface area contributed by atoms with Crippen LogP contribution in [0.2, 0.25) is 0 Å². The van der Waals surface area contributed by atoms with Gasteiger partial charge in [-0.25, -0.2) is 13.1 Å². The molecular weight excluding hydrogens is 254 g/mol. The third kappa shape index (κ3) is 5.85. The van der Waals surface area contributed by atoms with Crippen molar-refractivity contribution in [1.82, 2.24) is 4.72 Å². The summed E-state index contributed by atoms with van der Waals surface area (Å²) in [6.45, 7) is 0.210. The fraction of sp³-hybridized carbons (Fsp3) is 0.455. The molecule has 1 unspecified atom stereocenters. The van der Waals surface area contributed by atoms with E-state index in [0.29, 0.717) is 12.1 Å². The van der Waals surface area contributed by atoms with Gasteiger partial charge < -0.3 is 16.2 Å². The SMILES string of the molecule is CS(=O)(=O)NCC(CCO)Nc1ccc(N)cc1. The predicted molar refractivity (Wildman–Crippen MR) is 72.8 cm³/mol. The minimum Gasteiger partial charge on any atom is -0.399 e. The lowest BCUT2D eigenvalue weighted by Gasteiger charge is -2.19. The smallest absolute Gasteiger partial charge is 0.208 e. The molecular formula is C11H19N3O3S. The Hall–Kier alpha value is -1.31. The van der Waals surface area contributed by atoms with E-state index in [1.807, 2.05) is 0 Å². The van der Waals surface area contributed by atoms with Gasteiger partial charge in [-0.15, -0.1) is 0 Å². The lowest BCUT2D eigenvalue weighted by molar-refractivity contribution is 0.279. The van der Waals surface area contributed by atoms with Gasteiger partial charge in [-0.05, 0) is 30.7 Å². The normalized spacial score (nSPS) is 13.2. The van der Waals surface area contributed by atoms with Gasteiger partial charge in [0.05, 0.1) is 6.26 Å². The lowest BCUT2D eigenvalue weighted by Crippen LogP contribution is -2.36. The Morgan fingerprint density at radius 3 is 2.44 bits per heavy atom. The molecule has 1 aromatic carbocycles. The van der Waals surface area contributed by atoms with Crippen molar-refractivity contribution < 1.29 is 13.5 Å². The molecule has 0 aromatic heterocycles. The van der Waals surface area contributed by atoms with Gasteiger partial charge in [0, 0.05) is 30.6 Å². The first-order valence-electron chi connectivity index (χ1n) is 5.58. The third-order valence-corrected chi connectivity index (χ3v) is 3.04. The summed E-state index contributed by atoms with van der Waals surface area (Å²) < 4.78 is 24.5. The van der Waals surface area contributed by atoms with Gasteiger partial charge in [-0.2, -0.15) is 0 Å². The average molecular weight is 273 g/mol. The molecule has 0 heterocycles. The monoisotopic (exact) mass is 273 g/mol. The molecule has 7 heteroatoms. The van der Waals surface area contributed by atoms with Crippen LogP contribution >= 0.6 is 0 Å². The Kier molecular flexibility index (Phi) is 5.39. The van der Waals surface area contributed by atoms with Gasteiger partial charge in [0.1, 0.15) is 0 Å². The highest BCUT2D eigenvalue weighted by Gasteiger charge is 2.10. The summed E-state index contributed by atoms with van der Waals surface area (Å²) >= 11 is 0. The maximum Gasteiger partial charge on any atom is 0.208 e. The average Bonchev–Trinajstić information content (AvgIpc) is 2.28. The van der Waals surface area contributed by atoms with Gasteiger partial charge in [-0.1, -0.05) is 0 Å². The Morgan fingerprint density at radius 1 is 1.33 bits per heavy atom. The largest absolute Gasteiger partial charge is 0.399 e. The molecule has 0 amide bonds. The van der Waals surface area contributed by atoms with Crippen LogP contribution in [0.3, 0.4) is 0 Å². The van der Waals surface area contributed by atoms with Crippen LogP contribution < -0.4 is 15.8 Å². The zero-order chi connectivity index (χ0) is 13.6. The molecule has 1 atom stereocenters. The van der Waals surface area contributed by atoms with Crippen molar-refractivity contribution in [3.63, 3.8) is 0 Å². The standard InChI is InChI=1S/C11H19N3O3S/c1-18(16,17)13-8-11(6-7-15)14-10-4-2-9(12)3-5-10/h2-5,11,13-15H,6-8,12H2,1H3. The van der Waals surface area contributed by atoms with Gasteiger partial charge in [0.25, 0.3) is 0 Å². The molecule has 0 fully saturated rings. The van der Waals surface area contributed by atoms with Crippen LogP contribution in [-0.4, -0.2) is 39.0 Å². The summed E-state index contributed by atoms with van der Waals surface area (Å²) in [5.41, 5.74) is 7.06. The molecule has 5 N–H and O–H groups in total. The first-order chi connectivity index (χ1) is 8.40. The van der Waals surface area contributed by atoms with Gasteiger partial charge in [-0.3, -0.25) is 0 Å². The van der Waals surface area contributed by atoms with E-state index >= 15 is 0 Å².